The zero-order valence-corrected chi connectivity index (χ0v) is 10.8. The third-order valence-corrected chi connectivity index (χ3v) is 3.01. The lowest BCUT2D eigenvalue weighted by atomic mass is 10.2. The minimum atomic E-state index is -0.545. The number of hydrogen-bond donors (Lipinski definition) is 2. The molecule has 3 rings (SSSR count). The molecule has 2 aromatic rings. The number of hydrogen-bond acceptors (Lipinski definition) is 4. The first-order valence-corrected chi connectivity index (χ1v) is 6.43. The molecule has 1 saturated heterocycles. The number of aromatic amines is 1. The zero-order chi connectivity index (χ0) is 13.8. The molecule has 1 aromatic carbocycles. The Morgan fingerprint density at radius 1 is 1.40 bits per heavy atom. The maximum Gasteiger partial charge on any atom is 0.255 e. The van der Waals surface area contributed by atoms with Gasteiger partial charge in [0, 0.05) is 23.6 Å². The molecular weight excluding hydrogens is 258 g/mol. The Bertz CT molecular complexity index is 577. The molecule has 0 aliphatic carbocycles. The van der Waals surface area contributed by atoms with Crippen LogP contribution in [0.3, 0.4) is 0 Å². The summed E-state index contributed by atoms with van der Waals surface area (Å²) >= 11 is 0. The smallest absolute Gasteiger partial charge is 0.255 e. The van der Waals surface area contributed by atoms with Crippen LogP contribution in [0.15, 0.2) is 36.7 Å². The fraction of sp³-hybridized carbons (Fsp3) is 0.286. The summed E-state index contributed by atoms with van der Waals surface area (Å²) in [6.45, 7) is 1.28. The molecule has 2 heterocycles. The lowest BCUT2D eigenvalue weighted by Gasteiger charge is -2.22. The highest BCUT2D eigenvalue weighted by Crippen LogP contribution is 2.19. The van der Waals surface area contributed by atoms with Crippen LogP contribution in [0.1, 0.15) is 0 Å². The fourth-order valence-electron chi connectivity index (χ4n) is 2.03. The summed E-state index contributed by atoms with van der Waals surface area (Å²) in [5, 5.41) is 2.83. The molecule has 1 aliphatic rings. The number of carbonyl (C=O) groups is 1. The van der Waals surface area contributed by atoms with Crippen molar-refractivity contribution in [1.82, 2.24) is 9.97 Å². The Kier molecular flexibility index (Phi) is 3.76. The largest absolute Gasteiger partial charge is 0.376 e. The molecule has 1 unspecified atom stereocenters. The number of nitrogens with zero attached hydrogens (tertiary/aromatic N) is 1. The number of H-pyrrole nitrogens is 1. The van der Waals surface area contributed by atoms with Gasteiger partial charge in [-0.1, -0.05) is 12.1 Å². The Labute approximate surface area is 116 Å². The molecule has 1 aromatic heterocycles. The second kappa shape index (κ2) is 5.85. The van der Waals surface area contributed by atoms with Crippen LogP contribution in [-0.4, -0.2) is 41.8 Å². The topological polar surface area (TPSA) is 76.2 Å². The molecule has 1 fully saturated rings. The van der Waals surface area contributed by atoms with Crippen molar-refractivity contribution >= 4 is 11.6 Å². The molecular formula is C14H15N3O3. The number of anilines is 1. The number of carbonyl (C=O) groups excluding carboxylic acids is 1. The van der Waals surface area contributed by atoms with Crippen LogP contribution in [0, 0.1) is 0 Å². The van der Waals surface area contributed by atoms with E-state index in [0.29, 0.717) is 25.5 Å². The van der Waals surface area contributed by atoms with Gasteiger partial charge in [-0.3, -0.25) is 4.79 Å². The highest BCUT2D eigenvalue weighted by atomic mass is 16.6. The van der Waals surface area contributed by atoms with Crippen LogP contribution in [-0.2, 0) is 14.3 Å². The summed E-state index contributed by atoms with van der Waals surface area (Å²) in [6.07, 6.45) is 2.90. The molecule has 1 aliphatic heterocycles. The Balaban J connectivity index is 1.71. The molecule has 0 spiro atoms. The van der Waals surface area contributed by atoms with E-state index in [1.54, 1.807) is 12.4 Å². The first-order chi connectivity index (χ1) is 9.83. The summed E-state index contributed by atoms with van der Waals surface area (Å²) in [5.74, 6) is 0.569. The summed E-state index contributed by atoms with van der Waals surface area (Å²) in [5.41, 5.74) is 1.62. The van der Waals surface area contributed by atoms with Crippen LogP contribution in [0.5, 0.6) is 0 Å². The molecule has 0 saturated carbocycles. The van der Waals surface area contributed by atoms with Crippen LogP contribution in [0.2, 0.25) is 0 Å². The van der Waals surface area contributed by atoms with Gasteiger partial charge in [-0.25, -0.2) is 4.98 Å². The molecule has 20 heavy (non-hydrogen) atoms. The van der Waals surface area contributed by atoms with E-state index in [1.165, 1.54) is 0 Å². The number of imidazole rings is 1. The van der Waals surface area contributed by atoms with Crippen molar-refractivity contribution in [3.8, 4) is 11.4 Å². The van der Waals surface area contributed by atoms with Gasteiger partial charge in [0.2, 0.25) is 0 Å². The SMILES string of the molecule is O=C(Nc1cccc(-c2ncc[nH]2)c1)C1COCCO1. The summed E-state index contributed by atoms with van der Waals surface area (Å²) in [4.78, 5) is 19.2. The third-order valence-electron chi connectivity index (χ3n) is 3.01. The highest BCUT2D eigenvalue weighted by molar-refractivity contribution is 5.94. The Morgan fingerprint density at radius 2 is 2.35 bits per heavy atom. The third kappa shape index (κ3) is 2.87. The van der Waals surface area contributed by atoms with E-state index in [2.05, 4.69) is 15.3 Å². The summed E-state index contributed by atoms with van der Waals surface area (Å²) < 4.78 is 10.6. The van der Waals surface area contributed by atoms with E-state index in [-0.39, 0.29) is 5.91 Å². The number of ether oxygens (including phenoxy) is 2. The van der Waals surface area contributed by atoms with Gasteiger partial charge >= 0.3 is 0 Å². The van der Waals surface area contributed by atoms with Crippen LogP contribution >= 0.6 is 0 Å². The van der Waals surface area contributed by atoms with Crippen molar-refractivity contribution in [3.63, 3.8) is 0 Å². The van der Waals surface area contributed by atoms with Crippen molar-refractivity contribution < 1.29 is 14.3 Å². The minimum absolute atomic E-state index is 0.193. The first-order valence-electron chi connectivity index (χ1n) is 6.43. The number of nitrogens with one attached hydrogen (secondary N) is 2. The van der Waals surface area contributed by atoms with E-state index in [9.17, 15) is 4.79 Å². The Morgan fingerprint density at radius 3 is 3.10 bits per heavy atom. The summed E-state index contributed by atoms with van der Waals surface area (Å²) in [6, 6.07) is 7.48. The predicted molar refractivity (Wildman–Crippen MR) is 73.2 cm³/mol. The number of amides is 1. The molecule has 104 valence electrons. The summed E-state index contributed by atoms with van der Waals surface area (Å²) in [7, 11) is 0. The van der Waals surface area contributed by atoms with E-state index in [1.807, 2.05) is 24.3 Å². The van der Waals surface area contributed by atoms with Gasteiger partial charge in [0.1, 0.15) is 5.82 Å². The molecule has 1 atom stereocenters. The van der Waals surface area contributed by atoms with E-state index < -0.39 is 6.10 Å². The van der Waals surface area contributed by atoms with Gasteiger partial charge < -0.3 is 19.8 Å². The number of aromatic nitrogens is 2. The second-order valence-electron chi connectivity index (χ2n) is 4.44. The van der Waals surface area contributed by atoms with Crippen molar-refractivity contribution in [2.24, 2.45) is 0 Å². The van der Waals surface area contributed by atoms with Crippen LogP contribution in [0.25, 0.3) is 11.4 Å². The van der Waals surface area contributed by atoms with Gasteiger partial charge in [-0.05, 0) is 12.1 Å². The van der Waals surface area contributed by atoms with E-state index >= 15 is 0 Å². The van der Waals surface area contributed by atoms with Gasteiger partial charge in [0.25, 0.3) is 5.91 Å². The number of benzene rings is 1. The van der Waals surface area contributed by atoms with Gasteiger partial charge in [0.15, 0.2) is 6.10 Å². The molecule has 6 heteroatoms. The van der Waals surface area contributed by atoms with Gasteiger partial charge in [-0.15, -0.1) is 0 Å². The van der Waals surface area contributed by atoms with E-state index in [4.69, 9.17) is 9.47 Å². The minimum Gasteiger partial charge on any atom is -0.376 e. The zero-order valence-electron chi connectivity index (χ0n) is 10.8. The van der Waals surface area contributed by atoms with Gasteiger partial charge in [0.05, 0.1) is 19.8 Å². The molecule has 0 radical (unpaired) electrons. The van der Waals surface area contributed by atoms with Crippen molar-refractivity contribution in [2.75, 3.05) is 25.1 Å². The highest BCUT2D eigenvalue weighted by Gasteiger charge is 2.22. The lowest BCUT2D eigenvalue weighted by molar-refractivity contribution is -0.142. The van der Waals surface area contributed by atoms with E-state index in [0.717, 1.165) is 11.4 Å². The molecule has 6 nitrogen and oxygen atoms in total. The number of rotatable bonds is 3. The van der Waals surface area contributed by atoms with Gasteiger partial charge in [-0.2, -0.15) is 0 Å². The van der Waals surface area contributed by atoms with Crippen LogP contribution in [0.4, 0.5) is 5.69 Å². The average Bonchev–Trinajstić information content (AvgIpc) is 3.03. The second-order valence-corrected chi connectivity index (χ2v) is 4.44. The predicted octanol–water partition coefficient (Wildman–Crippen LogP) is 1.43. The molecule has 1 amide bonds. The first kappa shape index (κ1) is 12.8. The maximum atomic E-state index is 12.0. The quantitative estimate of drug-likeness (QED) is 0.887. The molecule has 2 N–H and O–H groups in total. The monoisotopic (exact) mass is 273 g/mol. The van der Waals surface area contributed by atoms with Crippen LogP contribution < -0.4 is 5.32 Å². The maximum absolute atomic E-state index is 12.0. The average molecular weight is 273 g/mol. The standard InChI is InChI=1S/C14H15N3O3/c18-14(12-9-19-6-7-20-12)17-11-3-1-2-10(8-11)13-15-4-5-16-13/h1-5,8,12H,6-7,9H2,(H,15,16)(H,17,18). The normalized spacial score (nSPS) is 18.7. The lowest BCUT2D eigenvalue weighted by Crippen LogP contribution is -2.39. The van der Waals surface area contributed by atoms with Crippen molar-refractivity contribution in [2.45, 2.75) is 6.10 Å². The van der Waals surface area contributed by atoms with Crippen molar-refractivity contribution in [3.05, 3.63) is 36.7 Å². The Hall–Kier alpha value is -2.18. The molecule has 0 bridgehead atoms. The fourth-order valence-corrected chi connectivity index (χ4v) is 2.03. The van der Waals surface area contributed by atoms with Crippen molar-refractivity contribution in [1.29, 1.82) is 0 Å².